The van der Waals surface area contributed by atoms with Crippen LogP contribution in [0.1, 0.15) is 52.2 Å². The fourth-order valence-electron chi connectivity index (χ4n) is 4.86. The fraction of sp³-hybridized carbons (Fsp3) is 0.481. The number of halogens is 1. The third-order valence-electron chi connectivity index (χ3n) is 6.88. The molecule has 4 heterocycles. The van der Waals surface area contributed by atoms with Crippen LogP contribution in [0.15, 0.2) is 23.3 Å². The fourth-order valence-corrected chi connectivity index (χ4v) is 5.29. The van der Waals surface area contributed by atoms with Crippen molar-refractivity contribution < 1.29 is 14.4 Å². The normalized spacial score (nSPS) is 16.1. The summed E-state index contributed by atoms with van der Waals surface area (Å²) in [4.78, 5) is 42.5. The molecule has 0 saturated carbocycles. The Hall–Kier alpha value is -2.98. The standard InChI is InChI=1S/C19H21BrN4O2.C5H10N2O.C3H6/c1-12-18(16-9-14(20)3-4-17(16)23(12)7-8-25)19(26)22-5-6-24-13(2)21-10-15(24)11-22;1-6-5-2-7(3-5)4-8;1-3-2/h8-10H,3-7,11H2,1-2H3;4-6H,2-3H2,1H3;3H,1H2,2H3. The molecule has 2 amide bonds. The van der Waals surface area contributed by atoms with E-state index >= 15 is 0 Å². The van der Waals surface area contributed by atoms with Crippen molar-refractivity contribution in [3.05, 3.63) is 57.4 Å². The largest absolute Gasteiger partial charge is 0.342 e. The molecule has 0 bridgehead atoms. The molecule has 5 rings (SSSR count). The van der Waals surface area contributed by atoms with Gasteiger partial charge < -0.3 is 29.0 Å². The lowest BCUT2D eigenvalue weighted by atomic mass is 9.99. The van der Waals surface area contributed by atoms with Crippen LogP contribution in [0.25, 0.3) is 6.08 Å². The first kappa shape index (κ1) is 28.6. The maximum Gasteiger partial charge on any atom is 0.256 e. The number of aromatic nitrogens is 3. The smallest absolute Gasteiger partial charge is 0.256 e. The second kappa shape index (κ2) is 13.0. The molecule has 9 nitrogen and oxygen atoms in total. The van der Waals surface area contributed by atoms with Crippen molar-refractivity contribution >= 4 is 40.6 Å². The van der Waals surface area contributed by atoms with Crippen LogP contribution in [0, 0.1) is 13.8 Å². The number of likely N-dealkylation sites (tertiary alicyclic amines) is 1. The number of carbonyl (C=O) groups is 3. The predicted octanol–water partition coefficient (Wildman–Crippen LogP) is 3.08. The summed E-state index contributed by atoms with van der Waals surface area (Å²) in [6, 6.07) is 0.542. The summed E-state index contributed by atoms with van der Waals surface area (Å²) >= 11 is 3.58. The zero-order valence-electron chi connectivity index (χ0n) is 22.2. The average Bonchev–Trinajstić information content (AvgIpc) is 3.36. The van der Waals surface area contributed by atoms with Crippen molar-refractivity contribution in [3.63, 3.8) is 0 Å². The van der Waals surface area contributed by atoms with Gasteiger partial charge in [-0.1, -0.05) is 22.0 Å². The summed E-state index contributed by atoms with van der Waals surface area (Å²) in [7, 11) is 1.91. The van der Waals surface area contributed by atoms with Crippen LogP contribution in [0.5, 0.6) is 0 Å². The second-order valence-electron chi connectivity index (χ2n) is 9.32. The van der Waals surface area contributed by atoms with Crippen molar-refractivity contribution in [1.82, 2.24) is 29.2 Å². The highest BCUT2D eigenvalue weighted by molar-refractivity contribution is 9.11. The molecule has 2 aromatic rings. The summed E-state index contributed by atoms with van der Waals surface area (Å²) in [6.07, 6.45) is 9.15. The second-order valence-corrected chi connectivity index (χ2v) is 10.3. The third-order valence-corrected chi connectivity index (χ3v) is 7.51. The highest BCUT2D eigenvalue weighted by Gasteiger charge is 2.30. The number of hydrogen-bond acceptors (Lipinski definition) is 5. The molecule has 2 aliphatic heterocycles. The quantitative estimate of drug-likeness (QED) is 0.439. The Balaban J connectivity index is 0.000000290. The van der Waals surface area contributed by atoms with Crippen LogP contribution in [-0.2, 0) is 35.6 Å². The number of allylic oxidation sites excluding steroid dienone is 2. The highest BCUT2D eigenvalue weighted by Crippen LogP contribution is 2.34. The van der Waals surface area contributed by atoms with E-state index < -0.39 is 0 Å². The van der Waals surface area contributed by atoms with Gasteiger partial charge in [0.1, 0.15) is 12.1 Å². The summed E-state index contributed by atoms with van der Waals surface area (Å²) in [5.74, 6) is 1.02. The minimum absolute atomic E-state index is 0.0342. The number of rotatable bonds is 5. The van der Waals surface area contributed by atoms with Crippen molar-refractivity contribution in [1.29, 1.82) is 0 Å². The zero-order chi connectivity index (χ0) is 27.1. The molecule has 1 N–H and O–H groups in total. The summed E-state index contributed by atoms with van der Waals surface area (Å²) in [5, 5.41) is 3.07. The van der Waals surface area contributed by atoms with Gasteiger partial charge in [0.05, 0.1) is 30.5 Å². The zero-order valence-corrected chi connectivity index (χ0v) is 23.8. The van der Waals surface area contributed by atoms with E-state index in [1.54, 1.807) is 11.0 Å². The summed E-state index contributed by atoms with van der Waals surface area (Å²) in [6.45, 7) is 13.2. The molecule has 0 spiro atoms. The van der Waals surface area contributed by atoms with E-state index in [0.29, 0.717) is 25.7 Å². The van der Waals surface area contributed by atoms with Crippen LogP contribution in [0.2, 0.25) is 0 Å². The maximum absolute atomic E-state index is 13.4. The Morgan fingerprint density at radius 1 is 1.24 bits per heavy atom. The van der Waals surface area contributed by atoms with Crippen molar-refractivity contribution in [2.75, 3.05) is 26.7 Å². The number of aryl methyl sites for hydroxylation is 1. The molecule has 200 valence electrons. The third kappa shape index (κ3) is 6.30. The van der Waals surface area contributed by atoms with Gasteiger partial charge in [0, 0.05) is 49.2 Å². The van der Waals surface area contributed by atoms with Crippen LogP contribution in [0.4, 0.5) is 0 Å². The molecular formula is C27H37BrN6O3. The number of aldehydes is 1. The van der Waals surface area contributed by atoms with Gasteiger partial charge in [0.25, 0.3) is 5.91 Å². The number of imidazole rings is 1. The van der Waals surface area contributed by atoms with E-state index in [-0.39, 0.29) is 5.91 Å². The maximum atomic E-state index is 13.4. The molecule has 3 aliphatic rings. The molecule has 0 radical (unpaired) electrons. The van der Waals surface area contributed by atoms with Gasteiger partial charge in [-0.3, -0.25) is 9.59 Å². The topological polar surface area (TPSA) is 92.5 Å². The van der Waals surface area contributed by atoms with Crippen LogP contribution < -0.4 is 5.32 Å². The van der Waals surface area contributed by atoms with Crippen molar-refractivity contribution in [3.8, 4) is 0 Å². The molecule has 1 saturated heterocycles. The number of likely N-dealkylation sites (N-methyl/N-ethyl adjacent to an activating group) is 1. The number of carbonyl (C=O) groups excluding carboxylic acids is 3. The Bertz CT molecular complexity index is 1180. The lowest BCUT2D eigenvalue weighted by Crippen LogP contribution is -2.56. The number of nitrogens with zero attached hydrogens (tertiary/aromatic N) is 5. The first-order valence-electron chi connectivity index (χ1n) is 12.5. The van der Waals surface area contributed by atoms with Gasteiger partial charge in [-0.25, -0.2) is 4.98 Å². The van der Waals surface area contributed by atoms with E-state index in [0.717, 1.165) is 83.7 Å². The van der Waals surface area contributed by atoms with Gasteiger partial charge in [-0.2, -0.15) is 0 Å². The number of nitrogens with one attached hydrogen (secondary N) is 1. The molecular weight excluding hydrogens is 536 g/mol. The molecule has 37 heavy (non-hydrogen) atoms. The SMILES string of the molecule is C=CC.CNC1CN(C=O)C1.Cc1ncc2n1CCN(C(=O)c1c3c(n(CC=O)c1C)CCC(Br)=C3)C2. The molecule has 0 aromatic carbocycles. The number of hydrogen-bond donors (Lipinski definition) is 1. The number of fused-ring (bicyclic) bond motifs is 2. The van der Waals surface area contributed by atoms with Crippen LogP contribution in [-0.4, -0.2) is 75.2 Å². The van der Waals surface area contributed by atoms with Gasteiger partial charge in [0.15, 0.2) is 0 Å². The van der Waals surface area contributed by atoms with E-state index in [9.17, 15) is 14.4 Å². The Kier molecular flexibility index (Phi) is 10.0. The Morgan fingerprint density at radius 3 is 2.57 bits per heavy atom. The monoisotopic (exact) mass is 572 g/mol. The summed E-state index contributed by atoms with van der Waals surface area (Å²) < 4.78 is 5.25. The Labute approximate surface area is 227 Å². The minimum Gasteiger partial charge on any atom is -0.342 e. The van der Waals surface area contributed by atoms with Crippen molar-refractivity contribution in [2.24, 2.45) is 0 Å². The molecule has 1 fully saturated rings. The predicted molar refractivity (Wildman–Crippen MR) is 149 cm³/mol. The first-order chi connectivity index (χ1) is 17.8. The molecule has 0 unspecified atom stereocenters. The van der Waals surface area contributed by atoms with E-state index in [1.165, 1.54) is 0 Å². The molecule has 0 atom stereocenters. The van der Waals surface area contributed by atoms with Crippen LogP contribution in [0.3, 0.4) is 0 Å². The van der Waals surface area contributed by atoms with Gasteiger partial charge in [-0.15, -0.1) is 6.58 Å². The number of amides is 2. The first-order valence-corrected chi connectivity index (χ1v) is 13.3. The van der Waals surface area contributed by atoms with Gasteiger partial charge in [0.2, 0.25) is 6.41 Å². The molecule has 1 aliphatic carbocycles. The van der Waals surface area contributed by atoms with E-state index in [1.807, 2.05) is 49.6 Å². The van der Waals surface area contributed by atoms with Crippen molar-refractivity contribution in [2.45, 2.75) is 59.3 Å². The lowest BCUT2D eigenvalue weighted by Gasteiger charge is -2.35. The highest BCUT2D eigenvalue weighted by atomic mass is 79.9. The lowest BCUT2D eigenvalue weighted by molar-refractivity contribution is -0.122. The van der Waals surface area contributed by atoms with Crippen LogP contribution >= 0.6 is 15.9 Å². The average molecular weight is 574 g/mol. The van der Waals surface area contributed by atoms with Gasteiger partial charge >= 0.3 is 0 Å². The summed E-state index contributed by atoms with van der Waals surface area (Å²) in [5.41, 5.74) is 4.71. The molecule has 2 aromatic heterocycles. The van der Waals surface area contributed by atoms with E-state index in [4.69, 9.17) is 0 Å². The van der Waals surface area contributed by atoms with E-state index in [2.05, 4.69) is 37.4 Å². The minimum atomic E-state index is 0.0342. The Morgan fingerprint density at radius 2 is 1.95 bits per heavy atom. The molecule has 10 heteroatoms. The van der Waals surface area contributed by atoms with Gasteiger partial charge in [-0.05, 0) is 51.2 Å².